The van der Waals surface area contributed by atoms with Crippen molar-refractivity contribution in [2.75, 3.05) is 0 Å². The van der Waals surface area contributed by atoms with Gasteiger partial charge in [0.15, 0.2) is 0 Å². The van der Waals surface area contributed by atoms with Crippen LogP contribution < -0.4 is 5.32 Å². The first-order chi connectivity index (χ1) is 11.0. The van der Waals surface area contributed by atoms with Gasteiger partial charge >= 0.3 is 0 Å². The molecule has 1 N–H and O–H groups in total. The van der Waals surface area contributed by atoms with Gasteiger partial charge in [0.25, 0.3) is 5.91 Å². The number of nitrogens with one attached hydrogen (secondary N) is 1. The Kier molecular flexibility index (Phi) is 6.37. The van der Waals surface area contributed by atoms with Gasteiger partial charge in [-0.3, -0.25) is 4.79 Å². The fraction of sp³-hybridized carbons (Fsp3) is 0.421. The molecular formula is C19H25NO2S. The number of thiophene rings is 1. The highest BCUT2D eigenvalue weighted by Gasteiger charge is 2.19. The van der Waals surface area contributed by atoms with Gasteiger partial charge in [0.1, 0.15) is 0 Å². The van der Waals surface area contributed by atoms with Crippen molar-refractivity contribution < 1.29 is 9.53 Å². The van der Waals surface area contributed by atoms with Crippen LogP contribution in [0.5, 0.6) is 0 Å². The summed E-state index contributed by atoms with van der Waals surface area (Å²) in [5.74, 6) is 0.310. The Morgan fingerprint density at radius 2 is 1.83 bits per heavy atom. The van der Waals surface area contributed by atoms with Gasteiger partial charge in [0.2, 0.25) is 0 Å². The van der Waals surface area contributed by atoms with Gasteiger partial charge in [-0.25, -0.2) is 0 Å². The summed E-state index contributed by atoms with van der Waals surface area (Å²) in [7, 11) is 0. The standard InChI is InChI=1S/C19H25NO2S/c1-13(2)18(17-6-5-11-23-17)20-19(21)16-9-7-15(8-10-16)12-22-14(3)4/h5-11,13-14,18H,12H2,1-4H3,(H,20,21)/t18-/m1/s1. The van der Waals surface area contributed by atoms with Gasteiger partial charge < -0.3 is 10.1 Å². The fourth-order valence-electron chi connectivity index (χ4n) is 2.27. The minimum atomic E-state index is -0.0339. The van der Waals surface area contributed by atoms with Gasteiger partial charge in [-0.1, -0.05) is 32.0 Å². The normalized spacial score (nSPS) is 12.6. The van der Waals surface area contributed by atoms with Crippen LogP contribution in [0.15, 0.2) is 41.8 Å². The zero-order chi connectivity index (χ0) is 16.8. The molecule has 0 aliphatic carbocycles. The number of amides is 1. The van der Waals surface area contributed by atoms with E-state index in [4.69, 9.17) is 4.74 Å². The number of benzene rings is 1. The van der Waals surface area contributed by atoms with Crippen molar-refractivity contribution in [2.24, 2.45) is 5.92 Å². The van der Waals surface area contributed by atoms with E-state index in [1.165, 1.54) is 4.88 Å². The van der Waals surface area contributed by atoms with Gasteiger partial charge in [0.05, 0.1) is 18.8 Å². The molecule has 0 fully saturated rings. The van der Waals surface area contributed by atoms with Crippen LogP contribution in [-0.4, -0.2) is 12.0 Å². The van der Waals surface area contributed by atoms with Crippen molar-refractivity contribution in [3.05, 3.63) is 57.8 Å². The molecule has 4 heteroatoms. The van der Waals surface area contributed by atoms with E-state index in [1.807, 2.05) is 49.6 Å². The fourth-order valence-corrected chi connectivity index (χ4v) is 3.22. The van der Waals surface area contributed by atoms with Crippen LogP contribution in [0.4, 0.5) is 0 Å². The number of carbonyl (C=O) groups is 1. The molecule has 0 aliphatic heterocycles. The largest absolute Gasteiger partial charge is 0.374 e. The summed E-state index contributed by atoms with van der Waals surface area (Å²) < 4.78 is 5.57. The maximum absolute atomic E-state index is 12.5. The highest BCUT2D eigenvalue weighted by molar-refractivity contribution is 7.10. The molecule has 124 valence electrons. The molecule has 0 saturated heterocycles. The van der Waals surface area contributed by atoms with Gasteiger partial charge in [0, 0.05) is 10.4 Å². The lowest BCUT2D eigenvalue weighted by molar-refractivity contribution is 0.0656. The number of hydrogen-bond donors (Lipinski definition) is 1. The van der Waals surface area contributed by atoms with E-state index in [1.54, 1.807) is 11.3 Å². The SMILES string of the molecule is CC(C)OCc1ccc(C(=O)N[C@@H](c2cccs2)C(C)C)cc1. The molecular weight excluding hydrogens is 306 g/mol. The Balaban J connectivity index is 2.02. The second-order valence-electron chi connectivity index (χ2n) is 6.27. The van der Waals surface area contributed by atoms with E-state index in [0.717, 1.165) is 5.56 Å². The van der Waals surface area contributed by atoms with Crippen molar-refractivity contribution in [1.29, 1.82) is 0 Å². The molecule has 2 rings (SSSR count). The van der Waals surface area contributed by atoms with Crippen LogP contribution in [0.1, 0.15) is 54.5 Å². The third kappa shape index (κ3) is 5.19. The molecule has 3 nitrogen and oxygen atoms in total. The van der Waals surface area contributed by atoms with Crippen molar-refractivity contribution in [1.82, 2.24) is 5.32 Å². The number of ether oxygens (including phenoxy) is 1. The first kappa shape index (κ1) is 17.7. The summed E-state index contributed by atoms with van der Waals surface area (Å²) in [5.41, 5.74) is 1.76. The predicted molar refractivity (Wildman–Crippen MR) is 95.7 cm³/mol. The Morgan fingerprint density at radius 3 is 2.35 bits per heavy atom. The maximum Gasteiger partial charge on any atom is 0.251 e. The van der Waals surface area contributed by atoms with Crippen molar-refractivity contribution in [3.63, 3.8) is 0 Å². The molecule has 1 heterocycles. The highest BCUT2D eigenvalue weighted by Crippen LogP contribution is 2.26. The lowest BCUT2D eigenvalue weighted by Gasteiger charge is -2.21. The smallest absolute Gasteiger partial charge is 0.251 e. The van der Waals surface area contributed by atoms with Crippen molar-refractivity contribution >= 4 is 17.2 Å². The molecule has 1 aromatic carbocycles. The Bertz CT molecular complexity index is 603. The van der Waals surface area contributed by atoms with E-state index in [2.05, 4.69) is 25.2 Å². The molecule has 0 bridgehead atoms. The number of rotatable bonds is 7. The van der Waals surface area contributed by atoms with Crippen LogP contribution in [-0.2, 0) is 11.3 Å². The van der Waals surface area contributed by atoms with Crippen LogP contribution in [0.25, 0.3) is 0 Å². The lowest BCUT2D eigenvalue weighted by Crippen LogP contribution is -2.31. The predicted octanol–water partition coefficient (Wildman–Crippen LogP) is 4.80. The quantitative estimate of drug-likeness (QED) is 0.791. The van der Waals surface area contributed by atoms with Crippen molar-refractivity contribution in [2.45, 2.75) is 46.4 Å². The second kappa shape index (κ2) is 8.27. The van der Waals surface area contributed by atoms with E-state index >= 15 is 0 Å². The van der Waals surface area contributed by atoms with Crippen molar-refractivity contribution in [3.8, 4) is 0 Å². The molecule has 1 amide bonds. The van der Waals surface area contributed by atoms with Crippen LogP contribution in [0.3, 0.4) is 0 Å². The van der Waals surface area contributed by atoms with E-state index in [-0.39, 0.29) is 18.1 Å². The summed E-state index contributed by atoms with van der Waals surface area (Å²) in [4.78, 5) is 13.7. The first-order valence-electron chi connectivity index (χ1n) is 8.02. The molecule has 23 heavy (non-hydrogen) atoms. The van der Waals surface area contributed by atoms with Crippen LogP contribution in [0, 0.1) is 5.92 Å². The van der Waals surface area contributed by atoms with Gasteiger partial charge in [-0.05, 0) is 48.9 Å². The van der Waals surface area contributed by atoms with Crippen LogP contribution in [0.2, 0.25) is 0 Å². The molecule has 1 aromatic heterocycles. The van der Waals surface area contributed by atoms with E-state index < -0.39 is 0 Å². The molecule has 1 atom stereocenters. The average Bonchev–Trinajstić information content (AvgIpc) is 3.04. The summed E-state index contributed by atoms with van der Waals surface area (Å²) in [6.45, 7) is 8.84. The average molecular weight is 331 g/mol. The molecule has 0 radical (unpaired) electrons. The summed E-state index contributed by atoms with van der Waals surface area (Å²) >= 11 is 1.68. The Labute approximate surface area is 142 Å². The monoisotopic (exact) mass is 331 g/mol. The molecule has 0 saturated carbocycles. The minimum Gasteiger partial charge on any atom is -0.374 e. The number of carbonyl (C=O) groups excluding carboxylic acids is 1. The Hall–Kier alpha value is -1.65. The molecule has 2 aromatic rings. The minimum absolute atomic E-state index is 0.0339. The zero-order valence-corrected chi connectivity index (χ0v) is 15.0. The first-order valence-corrected chi connectivity index (χ1v) is 8.90. The third-order valence-electron chi connectivity index (χ3n) is 3.60. The number of hydrogen-bond acceptors (Lipinski definition) is 3. The highest BCUT2D eigenvalue weighted by atomic mass is 32.1. The summed E-state index contributed by atoms with van der Waals surface area (Å²) in [6, 6.07) is 11.8. The Morgan fingerprint density at radius 1 is 1.13 bits per heavy atom. The second-order valence-corrected chi connectivity index (χ2v) is 7.25. The lowest BCUT2D eigenvalue weighted by atomic mass is 10.0. The molecule has 0 unspecified atom stereocenters. The van der Waals surface area contributed by atoms with E-state index in [0.29, 0.717) is 18.1 Å². The third-order valence-corrected chi connectivity index (χ3v) is 4.56. The summed E-state index contributed by atoms with van der Waals surface area (Å²) in [6.07, 6.45) is 0.204. The summed E-state index contributed by atoms with van der Waals surface area (Å²) in [5, 5.41) is 5.19. The molecule has 0 spiro atoms. The van der Waals surface area contributed by atoms with Gasteiger partial charge in [-0.2, -0.15) is 0 Å². The van der Waals surface area contributed by atoms with Gasteiger partial charge in [-0.15, -0.1) is 11.3 Å². The maximum atomic E-state index is 12.5. The zero-order valence-electron chi connectivity index (χ0n) is 14.2. The van der Waals surface area contributed by atoms with E-state index in [9.17, 15) is 4.79 Å². The molecule has 0 aliphatic rings. The van der Waals surface area contributed by atoms with Crippen LogP contribution >= 0.6 is 11.3 Å². The topological polar surface area (TPSA) is 38.3 Å².